The van der Waals surface area contributed by atoms with E-state index in [0.717, 1.165) is 19.3 Å². The zero-order valence-electron chi connectivity index (χ0n) is 11.0. The molecule has 0 aliphatic carbocycles. The van der Waals surface area contributed by atoms with Crippen LogP contribution in [0.25, 0.3) is 0 Å². The Bertz CT molecular complexity index is 258. The lowest BCUT2D eigenvalue weighted by Crippen LogP contribution is -2.38. The second kappa shape index (κ2) is 8.30. The molecule has 0 aromatic rings. The largest absolute Gasteiger partial charge is 0.383 e. The van der Waals surface area contributed by atoms with Crippen LogP contribution in [0.15, 0.2) is 0 Å². The van der Waals surface area contributed by atoms with Crippen molar-refractivity contribution >= 4 is 27.5 Å². The summed E-state index contributed by atoms with van der Waals surface area (Å²) in [5.74, 6) is 2.72. The molecule has 0 bridgehead atoms. The Hall–Kier alpha value is 0.0900. The summed E-state index contributed by atoms with van der Waals surface area (Å²) in [4.78, 5) is 11.3. The SMILES string of the molecule is CC(C)CC(CCC1CSSC1)C(O)C(=O)NO. The van der Waals surface area contributed by atoms with Crippen molar-refractivity contribution in [2.75, 3.05) is 11.5 Å². The molecule has 0 aromatic heterocycles. The van der Waals surface area contributed by atoms with Gasteiger partial charge in [-0.25, -0.2) is 5.48 Å². The van der Waals surface area contributed by atoms with E-state index in [0.29, 0.717) is 11.8 Å². The first-order valence-corrected chi connectivity index (χ1v) is 8.89. The molecule has 1 saturated heterocycles. The van der Waals surface area contributed by atoms with Crippen LogP contribution in [0.1, 0.15) is 33.1 Å². The minimum Gasteiger partial charge on any atom is -0.383 e. The fourth-order valence-corrected chi connectivity index (χ4v) is 5.27. The predicted octanol–water partition coefficient (Wildman–Crippen LogP) is 2.31. The fourth-order valence-electron chi connectivity index (χ4n) is 2.24. The second-order valence-corrected chi connectivity index (χ2v) is 7.88. The highest BCUT2D eigenvalue weighted by Crippen LogP contribution is 2.37. The van der Waals surface area contributed by atoms with Gasteiger partial charge in [0.25, 0.3) is 5.91 Å². The smallest absolute Gasteiger partial charge is 0.272 e. The second-order valence-electron chi connectivity index (χ2n) is 5.32. The van der Waals surface area contributed by atoms with Crippen LogP contribution < -0.4 is 5.48 Å². The van der Waals surface area contributed by atoms with Crippen LogP contribution in [0.3, 0.4) is 0 Å². The standard InChI is InChI=1S/C12H23NO3S2/c1-8(2)5-10(11(14)12(15)13-16)4-3-9-6-17-18-7-9/h8-11,14,16H,3-7H2,1-2H3,(H,13,15). The number of hydrogen-bond donors (Lipinski definition) is 3. The molecule has 1 aliphatic heterocycles. The van der Waals surface area contributed by atoms with Gasteiger partial charge in [0.05, 0.1) is 0 Å². The minimum atomic E-state index is -1.10. The molecule has 1 rings (SSSR count). The first kappa shape index (κ1) is 16.1. The Morgan fingerprint density at radius 1 is 1.39 bits per heavy atom. The fraction of sp³-hybridized carbons (Fsp3) is 0.917. The number of amides is 1. The van der Waals surface area contributed by atoms with Gasteiger partial charge in [-0.2, -0.15) is 0 Å². The van der Waals surface area contributed by atoms with Crippen molar-refractivity contribution in [1.82, 2.24) is 5.48 Å². The van der Waals surface area contributed by atoms with E-state index in [9.17, 15) is 9.90 Å². The number of carbonyl (C=O) groups is 1. The topological polar surface area (TPSA) is 69.6 Å². The highest BCUT2D eigenvalue weighted by molar-refractivity contribution is 8.77. The van der Waals surface area contributed by atoms with Gasteiger partial charge in [0.1, 0.15) is 6.10 Å². The van der Waals surface area contributed by atoms with E-state index < -0.39 is 12.0 Å². The van der Waals surface area contributed by atoms with E-state index in [1.54, 1.807) is 5.48 Å². The van der Waals surface area contributed by atoms with Crippen LogP contribution in [-0.4, -0.2) is 33.8 Å². The molecule has 18 heavy (non-hydrogen) atoms. The third kappa shape index (κ3) is 5.38. The van der Waals surface area contributed by atoms with Gasteiger partial charge >= 0.3 is 0 Å². The van der Waals surface area contributed by atoms with Gasteiger partial charge in [-0.1, -0.05) is 35.4 Å². The van der Waals surface area contributed by atoms with E-state index in [4.69, 9.17) is 5.21 Å². The summed E-state index contributed by atoms with van der Waals surface area (Å²) in [6.07, 6.45) is 1.60. The Kier molecular flexibility index (Phi) is 7.44. The molecule has 0 aromatic carbocycles. The van der Waals surface area contributed by atoms with E-state index in [1.165, 1.54) is 11.5 Å². The molecule has 1 heterocycles. The van der Waals surface area contributed by atoms with Crippen molar-refractivity contribution < 1.29 is 15.1 Å². The van der Waals surface area contributed by atoms with Crippen LogP contribution in [0, 0.1) is 17.8 Å². The van der Waals surface area contributed by atoms with Gasteiger partial charge in [0.15, 0.2) is 0 Å². The van der Waals surface area contributed by atoms with Gasteiger partial charge in [-0.05, 0) is 37.0 Å². The highest BCUT2D eigenvalue weighted by atomic mass is 33.1. The maximum absolute atomic E-state index is 11.3. The summed E-state index contributed by atoms with van der Waals surface area (Å²) in [5, 5.41) is 18.5. The molecule has 1 fully saturated rings. The average molecular weight is 293 g/mol. The molecule has 3 N–H and O–H groups in total. The van der Waals surface area contributed by atoms with Crippen LogP contribution >= 0.6 is 21.6 Å². The molecule has 6 heteroatoms. The summed E-state index contributed by atoms with van der Waals surface area (Å²) in [5.41, 5.74) is 1.55. The van der Waals surface area contributed by atoms with E-state index >= 15 is 0 Å². The molecule has 0 radical (unpaired) electrons. The van der Waals surface area contributed by atoms with Gasteiger partial charge < -0.3 is 5.11 Å². The molecule has 0 saturated carbocycles. The number of aliphatic hydroxyl groups is 1. The third-order valence-corrected chi connectivity index (χ3v) is 5.93. The first-order valence-electron chi connectivity index (χ1n) is 6.41. The van der Waals surface area contributed by atoms with Crippen LogP contribution in [0.2, 0.25) is 0 Å². The zero-order chi connectivity index (χ0) is 13.5. The molecule has 1 amide bonds. The number of rotatable bonds is 7. The Labute approximate surface area is 117 Å². The molecular formula is C12H23NO3S2. The van der Waals surface area contributed by atoms with Gasteiger partial charge in [0.2, 0.25) is 0 Å². The van der Waals surface area contributed by atoms with Gasteiger partial charge in [0, 0.05) is 11.5 Å². The summed E-state index contributed by atoms with van der Waals surface area (Å²) in [6.45, 7) is 4.16. The molecule has 2 atom stereocenters. The van der Waals surface area contributed by atoms with E-state index in [2.05, 4.69) is 13.8 Å². The summed E-state index contributed by atoms with van der Waals surface area (Å²) >= 11 is 0. The number of carbonyl (C=O) groups excluding carboxylic acids is 1. The number of hydroxylamine groups is 1. The molecule has 4 nitrogen and oxygen atoms in total. The van der Waals surface area contributed by atoms with Crippen LogP contribution in [-0.2, 0) is 4.79 Å². The van der Waals surface area contributed by atoms with Crippen molar-refractivity contribution in [2.24, 2.45) is 17.8 Å². The molecule has 106 valence electrons. The van der Waals surface area contributed by atoms with Crippen molar-refractivity contribution in [2.45, 2.75) is 39.2 Å². The average Bonchev–Trinajstić information content (AvgIpc) is 2.85. The van der Waals surface area contributed by atoms with Crippen molar-refractivity contribution in [3.05, 3.63) is 0 Å². The minimum absolute atomic E-state index is 0.0623. The number of hydrogen-bond acceptors (Lipinski definition) is 5. The number of aliphatic hydroxyl groups excluding tert-OH is 1. The number of nitrogens with one attached hydrogen (secondary N) is 1. The van der Waals surface area contributed by atoms with E-state index in [1.807, 2.05) is 21.6 Å². The van der Waals surface area contributed by atoms with Crippen molar-refractivity contribution in [1.29, 1.82) is 0 Å². The summed E-state index contributed by atoms with van der Waals surface area (Å²) < 4.78 is 0. The normalized spacial score (nSPS) is 20.1. The van der Waals surface area contributed by atoms with Crippen LogP contribution in [0.4, 0.5) is 0 Å². The first-order chi connectivity index (χ1) is 8.54. The van der Waals surface area contributed by atoms with E-state index in [-0.39, 0.29) is 5.92 Å². The predicted molar refractivity (Wildman–Crippen MR) is 76.5 cm³/mol. The maximum atomic E-state index is 11.3. The molecule has 0 spiro atoms. The van der Waals surface area contributed by atoms with Crippen molar-refractivity contribution in [3.8, 4) is 0 Å². The van der Waals surface area contributed by atoms with Gasteiger partial charge in [-0.15, -0.1) is 0 Å². The van der Waals surface area contributed by atoms with Crippen molar-refractivity contribution in [3.63, 3.8) is 0 Å². The lowest BCUT2D eigenvalue weighted by atomic mass is 9.86. The third-order valence-electron chi connectivity index (χ3n) is 3.24. The Balaban J connectivity index is 2.45. The monoisotopic (exact) mass is 293 g/mol. The molecular weight excluding hydrogens is 270 g/mol. The Morgan fingerprint density at radius 3 is 2.50 bits per heavy atom. The highest BCUT2D eigenvalue weighted by Gasteiger charge is 2.28. The van der Waals surface area contributed by atoms with Gasteiger partial charge in [-0.3, -0.25) is 10.0 Å². The summed E-state index contributed by atoms with van der Waals surface area (Å²) in [7, 11) is 3.80. The summed E-state index contributed by atoms with van der Waals surface area (Å²) in [6, 6.07) is 0. The molecule has 1 aliphatic rings. The lowest BCUT2D eigenvalue weighted by molar-refractivity contribution is -0.141. The Morgan fingerprint density at radius 2 is 2.00 bits per heavy atom. The molecule has 2 unspecified atom stereocenters. The quantitative estimate of drug-likeness (QED) is 0.382. The lowest BCUT2D eigenvalue weighted by Gasteiger charge is -2.24. The maximum Gasteiger partial charge on any atom is 0.272 e. The van der Waals surface area contributed by atoms with Crippen LogP contribution in [0.5, 0.6) is 0 Å². The zero-order valence-corrected chi connectivity index (χ0v) is 12.6.